The van der Waals surface area contributed by atoms with Gasteiger partial charge >= 0.3 is 6.03 Å². The van der Waals surface area contributed by atoms with Gasteiger partial charge in [-0.15, -0.1) is 0 Å². The van der Waals surface area contributed by atoms with Crippen molar-refractivity contribution in [2.75, 3.05) is 12.4 Å². The largest absolute Gasteiger partial charge is 0.495 e. The summed E-state index contributed by atoms with van der Waals surface area (Å²) < 4.78 is 5.23. The summed E-state index contributed by atoms with van der Waals surface area (Å²) in [5, 5.41) is 5.87. The molecule has 0 unspecified atom stereocenters. The molecule has 1 aliphatic carbocycles. The lowest BCUT2D eigenvalue weighted by Crippen LogP contribution is -2.31. The van der Waals surface area contributed by atoms with Crippen LogP contribution in [0.3, 0.4) is 0 Å². The first-order valence-electron chi connectivity index (χ1n) is 7.06. The molecule has 2 amide bonds. The Morgan fingerprint density at radius 2 is 1.90 bits per heavy atom. The Kier molecular flexibility index (Phi) is 3.77. The van der Waals surface area contributed by atoms with Crippen LogP contribution in [-0.4, -0.2) is 13.1 Å². The lowest BCUT2D eigenvalue weighted by atomic mass is 10.1. The third-order valence-electron chi connectivity index (χ3n) is 3.79. The van der Waals surface area contributed by atoms with Crippen molar-refractivity contribution in [2.45, 2.75) is 18.9 Å². The van der Waals surface area contributed by atoms with Crippen LogP contribution in [0.5, 0.6) is 5.75 Å². The first-order valence-corrected chi connectivity index (χ1v) is 7.06. The maximum absolute atomic E-state index is 12.2. The van der Waals surface area contributed by atoms with Crippen LogP contribution in [0.2, 0.25) is 0 Å². The number of fused-ring (bicyclic) bond motifs is 1. The fraction of sp³-hybridized carbons (Fsp3) is 0.235. The van der Waals surface area contributed by atoms with E-state index < -0.39 is 0 Å². The zero-order valence-corrected chi connectivity index (χ0v) is 11.9. The number of aryl methyl sites for hydroxylation is 1. The van der Waals surface area contributed by atoms with Gasteiger partial charge in [0.05, 0.1) is 18.8 Å². The Morgan fingerprint density at radius 1 is 1.14 bits per heavy atom. The molecule has 21 heavy (non-hydrogen) atoms. The monoisotopic (exact) mass is 282 g/mol. The summed E-state index contributed by atoms with van der Waals surface area (Å²) in [5.41, 5.74) is 3.21. The third-order valence-corrected chi connectivity index (χ3v) is 3.79. The molecule has 0 aliphatic heterocycles. The number of para-hydroxylation sites is 2. The normalized spacial score (nSPS) is 16.1. The SMILES string of the molecule is COc1ccccc1NC(=O)N[C@H]1CCc2ccccc21. The van der Waals surface area contributed by atoms with E-state index in [0.29, 0.717) is 11.4 Å². The molecule has 108 valence electrons. The Balaban J connectivity index is 1.68. The summed E-state index contributed by atoms with van der Waals surface area (Å²) in [7, 11) is 1.59. The van der Waals surface area contributed by atoms with E-state index in [2.05, 4.69) is 22.8 Å². The molecule has 0 spiro atoms. The van der Waals surface area contributed by atoms with E-state index in [1.54, 1.807) is 7.11 Å². The van der Waals surface area contributed by atoms with E-state index >= 15 is 0 Å². The number of hydrogen-bond acceptors (Lipinski definition) is 2. The van der Waals surface area contributed by atoms with Gasteiger partial charge in [0, 0.05) is 0 Å². The molecule has 4 nitrogen and oxygen atoms in total. The molecule has 2 aromatic rings. The molecular formula is C17H18N2O2. The van der Waals surface area contributed by atoms with E-state index in [1.165, 1.54) is 11.1 Å². The molecule has 2 N–H and O–H groups in total. The van der Waals surface area contributed by atoms with Crippen molar-refractivity contribution in [3.8, 4) is 5.75 Å². The highest BCUT2D eigenvalue weighted by atomic mass is 16.5. The zero-order chi connectivity index (χ0) is 14.7. The summed E-state index contributed by atoms with van der Waals surface area (Å²) >= 11 is 0. The van der Waals surface area contributed by atoms with Gasteiger partial charge in [-0.05, 0) is 36.1 Å². The molecule has 0 saturated heterocycles. The van der Waals surface area contributed by atoms with E-state index in [0.717, 1.165) is 12.8 Å². The Hall–Kier alpha value is -2.49. The molecule has 2 aromatic carbocycles. The number of rotatable bonds is 3. The highest BCUT2D eigenvalue weighted by molar-refractivity contribution is 5.91. The fourth-order valence-electron chi connectivity index (χ4n) is 2.77. The molecule has 3 rings (SSSR count). The molecule has 1 atom stereocenters. The maximum Gasteiger partial charge on any atom is 0.319 e. The second-order valence-corrected chi connectivity index (χ2v) is 5.09. The molecule has 0 fully saturated rings. The number of nitrogens with one attached hydrogen (secondary N) is 2. The van der Waals surface area contributed by atoms with Gasteiger partial charge in [-0.3, -0.25) is 0 Å². The molecule has 4 heteroatoms. The fourth-order valence-corrected chi connectivity index (χ4v) is 2.77. The van der Waals surface area contributed by atoms with E-state index in [4.69, 9.17) is 4.74 Å². The number of carbonyl (C=O) groups is 1. The number of hydrogen-bond donors (Lipinski definition) is 2. The summed E-state index contributed by atoms with van der Waals surface area (Å²) in [5.74, 6) is 0.652. The predicted molar refractivity (Wildman–Crippen MR) is 82.7 cm³/mol. The number of anilines is 1. The summed E-state index contributed by atoms with van der Waals surface area (Å²) in [6.45, 7) is 0. The molecule has 0 saturated carbocycles. The number of benzene rings is 2. The van der Waals surface area contributed by atoms with Crippen LogP contribution >= 0.6 is 0 Å². The van der Waals surface area contributed by atoms with Crippen LogP contribution in [0.15, 0.2) is 48.5 Å². The highest BCUT2D eigenvalue weighted by Gasteiger charge is 2.23. The summed E-state index contributed by atoms with van der Waals surface area (Å²) in [6.07, 6.45) is 1.95. The van der Waals surface area contributed by atoms with Gasteiger partial charge in [0.2, 0.25) is 0 Å². The average molecular weight is 282 g/mol. The number of ether oxygens (including phenoxy) is 1. The lowest BCUT2D eigenvalue weighted by molar-refractivity contribution is 0.248. The van der Waals surface area contributed by atoms with Gasteiger partial charge in [0.1, 0.15) is 5.75 Å². The second kappa shape index (κ2) is 5.87. The van der Waals surface area contributed by atoms with Crippen molar-refractivity contribution < 1.29 is 9.53 Å². The van der Waals surface area contributed by atoms with Crippen molar-refractivity contribution in [2.24, 2.45) is 0 Å². The summed E-state index contributed by atoms with van der Waals surface area (Å²) in [4.78, 5) is 12.2. The molecule has 0 heterocycles. The van der Waals surface area contributed by atoms with Gasteiger partial charge in [-0.25, -0.2) is 4.79 Å². The summed E-state index contributed by atoms with van der Waals surface area (Å²) in [6, 6.07) is 15.5. The van der Waals surface area contributed by atoms with Crippen molar-refractivity contribution in [1.29, 1.82) is 0 Å². The minimum Gasteiger partial charge on any atom is -0.495 e. The first kappa shape index (κ1) is 13.5. The molecule has 0 aromatic heterocycles. The smallest absolute Gasteiger partial charge is 0.319 e. The van der Waals surface area contributed by atoms with Crippen molar-refractivity contribution in [3.05, 3.63) is 59.7 Å². The van der Waals surface area contributed by atoms with Crippen molar-refractivity contribution in [1.82, 2.24) is 5.32 Å². The highest BCUT2D eigenvalue weighted by Crippen LogP contribution is 2.31. The Morgan fingerprint density at radius 3 is 2.76 bits per heavy atom. The minimum absolute atomic E-state index is 0.0795. The molecule has 1 aliphatic rings. The van der Waals surface area contributed by atoms with Crippen LogP contribution in [-0.2, 0) is 6.42 Å². The zero-order valence-electron chi connectivity index (χ0n) is 11.9. The van der Waals surface area contributed by atoms with Gasteiger partial charge in [0.25, 0.3) is 0 Å². The topological polar surface area (TPSA) is 50.4 Å². The minimum atomic E-state index is -0.207. The lowest BCUT2D eigenvalue weighted by Gasteiger charge is -2.16. The molecular weight excluding hydrogens is 264 g/mol. The number of urea groups is 1. The molecule has 0 radical (unpaired) electrons. The first-order chi connectivity index (χ1) is 10.3. The number of methoxy groups -OCH3 is 1. The van der Waals surface area contributed by atoms with E-state index in [-0.39, 0.29) is 12.1 Å². The van der Waals surface area contributed by atoms with Gasteiger partial charge in [-0.2, -0.15) is 0 Å². The number of amides is 2. The second-order valence-electron chi connectivity index (χ2n) is 5.09. The van der Waals surface area contributed by atoms with Gasteiger partial charge in [-0.1, -0.05) is 36.4 Å². The average Bonchev–Trinajstić information content (AvgIpc) is 2.91. The quantitative estimate of drug-likeness (QED) is 0.905. The van der Waals surface area contributed by atoms with Crippen molar-refractivity contribution >= 4 is 11.7 Å². The Labute approximate surface area is 124 Å². The predicted octanol–water partition coefficient (Wildman–Crippen LogP) is 3.50. The Bertz CT molecular complexity index is 655. The van der Waals surface area contributed by atoms with E-state index in [9.17, 15) is 4.79 Å². The van der Waals surface area contributed by atoms with E-state index in [1.807, 2.05) is 36.4 Å². The van der Waals surface area contributed by atoms with Crippen molar-refractivity contribution in [3.63, 3.8) is 0 Å². The van der Waals surface area contributed by atoms with Crippen LogP contribution in [0, 0.1) is 0 Å². The van der Waals surface area contributed by atoms with Gasteiger partial charge in [0.15, 0.2) is 0 Å². The third kappa shape index (κ3) is 2.84. The van der Waals surface area contributed by atoms with Crippen LogP contribution in [0.4, 0.5) is 10.5 Å². The maximum atomic E-state index is 12.2. The number of carbonyl (C=O) groups excluding carboxylic acids is 1. The van der Waals surface area contributed by atoms with Crippen LogP contribution in [0.1, 0.15) is 23.6 Å². The standard InChI is InChI=1S/C17H18N2O2/c1-21-16-9-5-4-8-15(16)19-17(20)18-14-11-10-12-6-2-3-7-13(12)14/h2-9,14H,10-11H2,1H3,(H2,18,19,20)/t14-/m0/s1. The van der Waals surface area contributed by atoms with Crippen LogP contribution in [0.25, 0.3) is 0 Å². The van der Waals surface area contributed by atoms with Crippen LogP contribution < -0.4 is 15.4 Å². The molecule has 0 bridgehead atoms. The van der Waals surface area contributed by atoms with Gasteiger partial charge < -0.3 is 15.4 Å².